The van der Waals surface area contributed by atoms with Crippen molar-refractivity contribution in [3.8, 4) is 5.75 Å². The quantitative estimate of drug-likeness (QED) is 0.851. The lowest BCUT2D eigenvalue weighted by Gasteiger charge is -2.24. The van der Waals surface area contributed by atoms with Crippen molar-refractivity contribution in [2.75, 3.05) is 13.7 Å². The van der Waals surface area contributed by atoms with Crippen LogP contribution in [0.25, 0.3) is 0 Å². The van der Waals surface area contributed by atoms with Gasteiger partial charge in [0.15, 0.2) is 0 Å². The van der Waals surface area contributed by atoms with Crippen molar-refractivity contribution in [1.29, 1.82) is 0 Å². The van der Waals surface area contributed by atoms with Crippen LogP contribution in [-0.4, -0.2) is 25.1 Å². The van der Waals surface area contributed by atoms with Crippen molar-refractivity contribution in [2.45, 2.75) is 32.7 Å². The average Bonchev–Trinajstić information content (AvgIpc) is 2.34. The smallest absolute Gasteiger partial charge is 0.225 e. The van der Waals surface area contributed by atoms with E-state index >= 15 is 0 Å². The molecule has 0 spiro atoms. The summed E-state index contributed by atoms with van der Waals surface area (Å²) >= 11 is 0. The highest BCUT2D eigenvalue weighted by atomic mass is 16.5. The summed E-state index contributed by atoms with van der Waals surface area (Å²) in [5, 5.41) is 2.97. The van der Waals surface area contributed by atoms with Gasteiger partial charge >= 0.3 is 0 Å². The van der Waals surface area contributed by atoms with Gasteiger partial charge in [-0.2, -0.15) is 0 Å². The average molecular weight is 264 g/mol. The molecule has 0 aliphatic rings. The van der Waals surface area contributed by atoms with E-state index in [0.717, 1.165) is 11.3 Å². The zero-order valence-electron chi connectivity index (χ0n) is 12.2. The number of methoxy groups -OCH3 is 1. The van der Waals surface area contributed by atoms with Crippen molar-refractivity contribution in [2.24, 2.45) is 11.7 Å². The van der Waals surface area contributed by atoms with Gasteiger partial charge in [0.25, 0.3) is 0 Å². The van der Waals surface area contributed by atoms with Gasteiger partial charge in [0, 0.05) is 12.1 Å². The highest BCUT2D eigenvalue weighted by Gasteiger charge is 2.22. The summed E-state index contributed by atoms with van der Waals surface area (Å²) in [4.78, 5) is 12.2. The molecule has 4 nitrogen and oxygen atoms in total. The molecule has 0 aliphatic heterocycles. The Morgan fingerprint density at radius 3 is 2.53 bits per heavy atom. The molecule has 0 aromatic heterocycles. The normalized spacial score (nSPS) is 12.9. The highest BCUT2D eigenvalue weighted by molar-refractivity contribution is 5.80. The minimum Gasteiger partial charge on any atom is -0.496 e. The molecule has 0 bridgehead atoms. The van der Waals surface area contributed by atoms with Crippen LogP contribution in [-0.2, 0) is 11.2 Å². The molecule has 0 heterocycles. The van der Waals surface area contributed by atoms with Crippen molar-refractivity contribution in [3.05, 3.63) is 29.8 Å². The number of rotatable bonds is 5. The molecule has 106 valence electrons. The summed E-state index contributed by atoms with van der Waals surface area (Å²) in [6, 6.07) is 7.71. The Morgan fingerprint density at radius 2 is 2.00 bits per heavy atom. The molecule has 0 radical (unpaired) electrons. The third-order valence-corrected chi connectivity index (χ3v) is 2.81. The second-order valence-electron chi connectivity index (χ2n) is 5.69. The third-order valence-electron chi connectivity index (χ3n) is 2.81. The van der Waals surface area contributed by atoms with E-state index in [1.807, 2.05) is 45.0 Å². The molecule has 1 aromatic carbocycles. The predicted molar refractivity (Wildman–Crippen MR) is 77.1 cm³/mol. The summed E-state index contributed by atoms with van der Waals surface area (Å²) in [5.74, 6) is 0.543. The van der Waals surface area contributed by atoms with Crippen LogP contribution in [0, 0.1) is 5.92 Å². The topological polar surface area (TPSA) is 64.3 Å². The zero-order valence-corrected chi connectivity index (χ0v) is 12.2. The molecule has 1 atom stereocenters. The molecule has 1 amide bonds. The van der Waals surface area contributed by atoms with Crippen LogP contribution in [0.3, 0.4) is 0 Å². The lowest BCUT2D eigenvalue weighted by Crippen LogP contribution is -2.46. The maximum absolute atomic E-state index is 12.2. The van der Waals surface area contributed by atoms with Crippen LogP contribution in [0.15, 0.2) is 24.3 Å². The Hall–Kier alpha value is -1.55. The van der Waals surface area contributed by atoms with Crippen LogP contribution in [0.4, 0.5) is 0 Å². The van der Waals surface area contributed by atoms with Gasteiger partial charge in [-0.05, 0) is 38.8 Å². The van der Waals surface area contributed by atoms with Crippen LogP contribution in [0.1, 0.15) is 26.3 Å². The highest BCUT2D eigenvalue weighted by Crippen LogP contribution is 2.21. The van der Waals surface area contributed by atoms with Gasteiger partial charge < -0.3 is 15.8 Å². The Labute approximate surface area is 115 Å². The first-order valence-electron chi connectivity index (χ1n) is 6.51. The van der Waals surface area contributed by atoms with Gasteiger partial charge in [-0.1, -0.05) is 18.2 Å². The van der Waals surface area contributed by atoms with E-state index in [1.165, 1.54) is 0 Å². The summed E-state index contributed by atoms with van der Waals surface area (Å²) in [6.45, 7) is 6.20. The largest absolute Gasteiger partial charge is 0.496 e. The van der Waals surface area contributed by atoms with Crippen molar-refractivity contribution in [1.82, 2.24) is 5.32 Å². The molecule has 1 rings (SSSR count). The SMILES string of the molecule is COc1ccccc1CC(CN)C(=O)NC(C)(C)C. The predicted octanol–water partition coefficient (Wildman–Crippen LogP) is 1.73. The first-order chi connectivity index (χ1) is 8.87. The fraction of sp³-hybridized carbons (Fsp3) is 0.533. The van der Waals surface area contributed by atoms with E-state index in [2.05, 4.69) is 5.32 Å². The second kappa shape index (κ2) is 6.57. The van der Waals surface area contributed by atoms with Gasteiger partial charge in [0.05, 0.1) is 13.0 Å². The second-order valence-corrected chi connectivity index (χ2v) is 5.69. The first-order valence-corrected chi connectivity index (χ1v) is 6.51. The molecule has 1 unspecified atom stereocenters. The van der Waals surface area contributed by atoms with Crippen molar-refractivity contribution >= 4 is 5.91 Å². The van der Waals surface area contributed by atoms with E-state index in [0.29, 0.717) is 13.0 Å². The fourth-order valence-electron chi connectivity index (χ4n) is 1.89. The number of hydrogen-bond acceptors (Lipinski definition) is 3. The van der Waals surface area contributed by atoms with Gasteiger partial charge in [-0.3, -0.25) is 4.79 Å². The molecule has 0 saturated carbocycles. The van der Waals surface area contributed by atoms with Gasteiger partial charge in [-0.15, -0.1) is 0 Å². The molecule has 4 heteroatoms. The number of ether oxygens (including phenoxy) is 1. The van der Waals surface area contributed by atoms with Crippen LogP contribution in [0.5, 0.6) is 5.75 Å². The number of benzene rings is 1. The van der Waals surface area contributed by atoms with Crippen LogP contribution < -0.4 is 15.8 Å². The van der Waals surface area contributed by atoms with E-state index < -0.39 is 0 Å². The summed E-state index contributed by atoms with van der Waals surface area (Å²) in [5.41, 5.74) is 6.49. The molecular weight excluding hydrogens is 240 g/mol. The standard InChI is InChI=1S/C15H24N2O2/c1-15(2,3)17-14(18)12(10-16)9-11-7-5-6-8-13(11)19-4/h5-8,12H,9-10,16H2,1-4H3,(H,17,18). The van der Waals surface area contributed by atoms with Crippen molar-refractivity contribution < 1.29 is 9.53 Å². The number of carbonyl (C=O) groups is 1. The minimum absolute atomic E-state index is 0.0130. The Kier molecular flexibility index (Phi) is 5.36. The van der Waals surface area contributed by atoms with E-state index in [1.54, 1.807) is 7.11 Å². The number of carbonyl (C=O) groups excluding carboxylic acids is 1. The molecule has 0 fully saturated rings. The Balaban J connectivity index is 2.79. The lowest BCUT2D eigenvalue weighted by molar-refractivity contribution is -0.126. The third kappa shape index (κ3) is 4.91. The number of amides is 1. The molecule has 19 heavy (non-hydrogen) atoms. The Morgan fingerprint density at radius 1 is 1.37 bits per heavy atom. The first kappa shape index (κ1) is 15.5. The summed E-state index contributed by atoms with van der Waals surface area (Å²) in [7, 11) is 1.63. The van der Waals surface area contributed by atoms with E-state index in [4.69, 9.17) is 10.5 Å². The summed E-state index contributed by atoms with van der Waals surface area (Å²) in [6.07, 6.45) is 0.586. The summed E-state index contributed by atoms with van der Waals surface area (Å²) < 4.78 is 5.30. The molecule has 0 aliphatic carbocycles. The van der Waals surface area contributed by atoms with E-state index in [9.17, 15) is 4.79 Å². The van der Waals surface area contributed by atoms with Gasteiger partial charge in [0.1, 0.15) is 5.75 Å². The van der Waals surface area contributed by atoms with Crippen molar-refractivity contribution in [3.63, 3.8) is 0 Å². The lowest BCUT2D eigenvalue weighted by atomic mass is 9.96. The molecule has 1 aromatic rings. The molecule has 3 N–H and O–H groups in total. The maximum atomic E-state index is 12.2. The zero-order chi connectivity index (χ0) is 14.5. The number of hydrogen-bond donors (Lipinski definition) is 2. The van der Waals surface area contributed by atoms with Crippen LogP contribution in [0.2, 0.25) is 0 Å². The Bertz CT molecular complexity index is 424. The molecule has 0 saturated heterocycles. The van der Waals surface area contributed by atoms with E-state index in [-0.39, 0.29) is 17.4 Å². The maximum Gasteiger partial charge on any atom is 0.225 e. The monoisotopic (exact) mass is 264 g/mol. The van der Waals surface area contributed by atoms with Gasteiger partial charge in [0.2, 0.25) is 5.91 Å². The minimum atomic E-state index is -0.245. The number of nitrogens with one attached hydrogen (secondary N) is 1. The van der Waals surface area contributed by atoms with Gasteiger partial charge in [-0.25, -0.2) is 0 Å². The van der Waals surface area contributed by atoms with Crippen LogP contribution >= 0.6 is 0 Å². The fourth-order valence-corrected chi connectivity index (χ4v) is 1.89. The number of nitrogens with two attached hydrogens (primary N) is 1. The number of para-hydroxylation sites is 1. The molecular formula is C15H24N2O2.